The number of anilines is 1. The average molecular weight is 384 g/mol. The van der Waals surface area contributed by atoms with E-state index in [9.17, 15) is 4.79 Å². The highest BCUT2D eigenvalue weighted by Crippen LogP contribution is 2.24. The van der Waals surface area contributed by atoms with Crippen LogP contribution in [-0.2, 0) is 6.54 Å². The fraction of sp³-hybridized carbons (Fsp3) is 0.250. The molecule has 3 heterocycles. The van der Waals surface area contributed by atoms with Crippen molar-refractivity contribution in [2.45, 2.75) is 6.54 Å². The minimum atomic E-state index is 0.0988. The van der Waals surface area contributed by atoms with Gasteiger partial charge in [0.1, 0.15) is 5.82 Å². The maximum Gasteiger partial charge on any atom is 0.258 e. The summed E-state index contributed by atoms with van der Waals surface area (Å²) in [5.41, 5.74) is 0.0988. The van der Waals surface area contributed by atoms with E-state index in [0.29, 0.717) is 0 Å². The first-order valence-electron chi connectivity index (χ1n) is 10.2. The molecule has 0 aliphatic carbocycles. The molecule has 1 saturated heterocycles. The lowest BCUT2D eigenvalue weighted by Crippen LogP contribution is -2.47. The maximum atomic E-state index is 12.7. The van der Waals surface area contributed by atoms with Crippen molar-refractivity contribution in [2.75, 3.05) is 37.6 Å². The molecule has 1 fully saturated rings. The zero-order chi connectivity index (χ0) is 19.6. The van der Waals surface area contributed by atoms with Gasteiger partial charge in [-0.1, -0.05) is 42.5 Å². The first kappa shape index (κ1) is 17.9. The molecule has 1 aliphatic rings. The summed E-state index contributed by atoms with van der Waals surface area (Å²) in [6, 6.07) is 20.3. The molecule has 0 atom stereocenters. The molecule has 0 unspecified atom stereocenters. The van der Waals surface area contributed by atoms with Gasteiger partial charge >= 0.3 is 0 Å². The average Bonchev–Trinajstić information content (AvgIpc) is 2.79. The van der Waals surface area contributed by atoms with Crippen molar-refractivity contribution in [3.05, 3.63) is 83.4 Å². The Bertz CT molecular complexity index is 1200. The smallest absolute Gasteiger partial charge is 0.258 e. The van der Waals surface area contributed by atoms with Gasteiger partial charge in [0, 0.05) is 62.4 Å². The molecule has 1 aliphatic heterocycles. The lowest BCUT2D eigenvalue weighted by atomic mass is 10.1. The van der Waals surface area contributed by atoms with Crippen molar-refractivity contribution in [1.29, 1.82) is 0 Å². The Hall–Kier alpha value is -3.18. The summed E-state index contributed by atoms with van der Waals surface area (Å²) < 4.78 is 1.83. The molecule has 4 aromatic rings. The van der Waals surface area contributed by atoms with Crippen molar-refractivity contribution >= 4 is 27.4 Å². The Morgan fingerprint density at radius 3 is 2.24 bits per heavy atom. The molecule has 0 amide bonds. The van der Waals surface area contributed by atoms with Gasteiger partial charge in [-0.15, -0.1) is 0 Å². The van der Waals surface area contributed by atoms with Gasteiger partial charge in [0.25, 0.3) is 5.56 Å². The van der Waals surface area contributed by atoms with Crippen LogP contribution in [0.5, 0.6) is 0 Å². The lowest BCUT2D eigenvalue weighted by molar-refractivity contribution is 0.247. The summed E-state index contributed by atoms with van der Waals surface area (Å²) in [5.74, 6) is 1.08. The summed E-state index contributed by atoms with van der Waals surface area (Å²) in [4.78, 5) is 22.2. The molecule has 0 bridgehead atoms. The third-order valence-corrected chi connectivity index (χ3v) is 5.87. The van der Waals surface area contributed by atoms with Crippen molar-refractivity contribution in [2.24, 2.45) is 0 Å². The van der Waals surface area contributed by atoms with E-state index in [0.717, 1.165) is 55.9 Å². The monoisotopic (exact) mass is 384 g/mol. The number of pyridine rings is 2. The molecule has 0 saturated carbocycles. The Kier molecular flexibility index (Phi) is 4.74. The topological polar surface area (TPSA) is 41.4 Å². The van der Waals surface area contributed by atoms with Crippen LogP contribution < -0.4 is 10.5 Å². The normalized spacial score (nSPS) is 15.2. The van der Waals surface area contributed by atoms with Crippen LogP contribution in [-0.4, -0.2) is 47.2 Å². The number of nitrogens with zero attached hydrogens (tertiary/aromatic N) is 4. The maximum absolute atomic E-state index is 12.7. The highest BCUT2D eigenvalue weighted by Gasteiger charge is 2.19. The molecule has 2 aromatic carbocycles. The minimum Gasteiger partial charge on any atom is -0.354 e. The van der Waals surface area contributed by atoms with E-state index in [2.05, 4.69) is 45.1 Å². The summed E-state index contributed by atoms with van der Waals surface area (Å²) in [5, 5.41) is 4.24. The number of aromatic nitrogens is 2. The molecular formula is C24H24N4O. The van der Waals surface area contributed by atoms with Gasteiger partial charge in [0.05, 0.1) is 0 Å². The summed E-state index contributed by atoms with van der Waals surface area (Å²) in [6.07, 6.45) is 3.82. The highest BCUT2D eigenvalue weighted by atomic mass is 16.1. The van der Waals surface area contributed by atoms with E-state index < -0.39 is 0 Å². The predicted molar refractivity (Wildman–Crippen MR) is 119 cm³/mol. The Labute approximate surface area is 169 Å². The van der Waals surface area contributed by atoms with Crippen LogP contribution in [0.2, 0.25) is 0 Å². The molecule has 5 heteroatoms. The van der Waals surface area contributed by atoms with Crippen molar-refractivity contribution < 1.29 is 0 Å². The SMILES string of the molecule is O=c1c2ccccc2ccn1CCN1CCN(c2nccc3ccccc23)CC1. The van der Waals surface area contributed by atoms with E-state index in [1.807, 2.05) is 47.3 Å². The quantitative estimate of drug-likeness (QED) is 0.541. The van der Waals surface area contributed by atoms with Crippen molar-refractivity contribution in [1.82, 2.24) is 14.5 Å². The van der Waals surface area contributed by atoms with Crippen LogP contribution in [0.25, 0.3) is 21.5 Å². The van der Waals surface area contributed by atoms with Crippen LogP contribution >= 0.6 is 0 Å². The summed E-state index contributed by atoms with van der Waals surface area (Å²) >= 11 is 0. The number of fused-ring (bicyclic) bond motifs is 2. The van der Waals surface area contributed by atoms with Crippen LogP contribution in [0.15, 0.2) is 77.9 Å². The van der Waals surface area contributed by atoms with Crippen molar-refractivity contribution in [3.8, 4) is 0 Å². The molecule has 0 N–H and O–H groups in total. The van der Waals surface area contributed by atoms with Gasteiger partial charge in [-0.2, -0.15) is 0 Å². The molecule has 0 spiro atoms. The fourth-order valence-electron chi connectivity index (χ4n) is 4.19. The number of benzene rings is 2. The van der Waals surface area contributed by atoms with Gasteiger partial charge in [-0.3, -0.25) is 9.69 Å². The zero-order valence-electron chi connectivity index (χ0n) is 16.4. The minimum absolute atomic E-state index is 0.0988. The molecule has 29 heavy (non-hydrogen) atoms. The van der Waals surface area contributed by atoms with Crippen LogP contribution in [0.1, 0.15) is 0 Å². The van der Waals surface area contributed by atoms with Crippen LogP contribution in [0.4, 0.5) is 5.82 Å². The number of piperazine rings is 1. The third kappa shape index (κ3) is 3.49. The lowest BCUT2D eigenvalue weighted by Gasteiger charge is -2.36. The van der Waals surface area contributed by atoms with E-state index >= 15 is 0 Å². The van der Waals surface area contributed by atoms with Gasteiger partial charge in [-0.25, -0.2) is 4.98 Å². The Morgan fingerprint density at radius 2 is 1.45 bits per heavy atom. The summed E-state index contributed by atoms with van der Waals surface area (Å²) in [7, 11) is 0. The molecule has 5 nitrogen and oxygen atoms in total. The Morgan fingerprint density at radius 1 is 0.759 bits per heavy atom. The van der Waals surface area contributed by atoms with Crippen LogP contribution in [0.3, 0.4) is 0 Å². The molecule has 5 rings (SSSR count). The van der Waals surface area contributed by atoms with Gasteiger partial charge in [-0.05, 0) is 29.0 Å². The number of rotatable bonds is 4. The number of hydrogen-bond acceptors (Lipinski definition) is 4. The molecular weight excluding hydrogens is 360 g/mol. The first-order chi connectivity index (χ1) is 14.3. The molecule has 2 aromatic heterocycles. The van der Waals surface area contributed by atoms with E-state index in [4.69, 9.17) is 0 Å². The standard InChI is InChI=1S/C24H24N4O/c29-24-22-8-4-2-6-20(22)10-12-28(24)18-15-26-13-16-27(17-14-26)23-21-7-3-1-5-19(21)9-11-25-23/h1-12H,13-18H2. The van der Waals surface area contributed by atoms with Gasteiger partial charge < -0.3 is 9.47 Å². The predicted octanol–water partition coefficient (Wildman–Crippen LogP) is 3.37. The Balaban J connectivity index is 1.25. The second-order valence-corrected chi connectivity index (χ2v) is 7.59. The van der Waals surface area contributed by atoms with Gasteiger partial charge in [0.15, 0.2) is 0 Å². The van der Waals surface area contributed by atoms with Crippen molar-refractivity contribution in [3.63, 3.8) is 0 Å². The molecule has 0 radical (unpaired) electrons. The number of hydrogen-bond donors (Lipinski definition) is 0. The second-order valence-electron chi connectivity index (χ2n) is 7.59. The van der Waals surface area contributed by atoms with Gasteiger partial charge in [0.2, 0.25) is 0 Å². The fourth-order valence-corrected chi connectivity index (χ4v) is 4.19. The first-order valence-corrected chi connectivity index (χ1v) is 10.2. The summed E-state index contributed by atoms with van der Waals surface area (Å²) in [6.45, 7) is 5.47. The van der Waals surface area contributed by atoms with E-state index in [1.165, 1.54) is 10.8 Å². The highest BCUT2D eigenvalue weighted by molar-refractivity contribution is 5.92. The molecule has 146 valence electrons. The zero-order valence-corrected chi connectivity index (χ0v) is 16.4. The second kappa shape index (κ2) is 7.68. The third-order valence-electron chi connectivity index (χ3n) is 5.87. The van der Waals surface area contributed by atoms with Crippen LogP contribution in [0, 0.1) is 0 Å². The largest absolute Gasteiger partial charge is 0.354 e. The van der Waals surface area contributed by atoms with E-state index in [-0.39, 0.29) is 5.56 Å². The van der Waals surface area contributed by atoms with E-state index in [1.54, 1.807) is 0 Å².